The minimum atomic E-state index is -0.121. The first kappa shape index (κ1) is 18.9. The quantitative estimate of drug-likeness (QED) is 0.679. The van der Waals surface area contributed by atoms with Crippen molar-refractivity contribution < 1.29 is 9.59 Å². The van der Waals surface area contributed by atoms with E-state index in [0.717, 1.165) is 40.9 Å². The number of hydrogen-bond acceptors (Lipinski definition) is 2. The first-order valence-electron chi connectivity index (χ1n) is 9.91. The van der Waals surface area contributed by atoms with Gasteiger partial charge in [0.25, 0.3) is 11.8 Å². The van der Waals surface area contributed by atoms with E-state index in [1.165, 1.54) is 0 Å². The molecule has 0 atom stereocenters. The van der Waals surface area contributed by atoms with E-state index >= 15 is 0 Å². The van der Waals surface area contributed by atoms with Gasteiger partial charge in [-0.05, 0) is 74.7 Å². The van der Waals surface area contributed by atoms with E-state index in [1.54, 1.807) is 0 Å². The highest BCUT2D eigenvalue weighted by atomic mass is 16.2. The van der Waals surface area contributed by atoms with Crippen molar-refractivity contribution in [1.82, 2.24) is 0 Å². The SMILES string of the molecule is Cc1cc(C)cc(C(=O)Nc2ccc3c(c2)CCCN3C(=O)c2ccccc2)c1. The molecule has 2 amide bonds. The summed E-state index contributed by atoms with van der Waals surface area (Å²) in [7, 11) is 0. The summed E-state index contributed by atoms with van der Waals surface area (Å²) in [6.45, 7) is 4.68. The Hall–Kier alpha value is -3.40. The second-order valence-corrected chi connectivity index (χ2v) is 7.60. The average Bonchev–Trinajstić information content (AvgIpc) is 2.72. The maximum absolute atomic E-state index is 12.9. The summed E-state index contributed by atoms with van der Waals surface area (Å²) in [5.41, 5.74) is 6.23. The molecule has 3 aromatic rings. The fraction of sp³-hybridized carbons (Fsp3) is 0.200. The van der Waals surface area contributed by atoms with Gasteiger partial charge >= 0.3 is 0 Å². The number of hydrogen-bond donors (Lipinski definition) is 1. The van der Waals surface area contributed by atoms with E-state index in [1.807, 2.05) is 85.5 Å². The van der Waals surface area contributed by atoms with Crippen molar-refractivity contribution in [2.24, 2.45) is 0 Å². The minimum Gasteiger partial charge on any atom is -0.322 e. The van der Waals surface area contributed by atoms with Gasteiger partial charge in [-0.1, -0.05) is 35.4 Å². The van der Waals surface area contributed by atoms with Crippen LogP contribution in [0.1, 0.15) is 43.8 Å². The van der Waals surface area contributed by atoms with Crippen LogP contribution in [0.2, 0.25) is 0 Å². The molecule has 3 aromatic carbocycles. The summed E-state index contributed by atoms with van der Waals surface area (Å²) in [6, 6.07) is 21.0. The van der Waals surface area contributed by atoms with Crippen LogP contribution in [-0.2, 0) is 6.42 Å². The normalized spacial score (nSPS) is 13.0. The molecule has 0 aliphatic carbocycles. The van der Waals surface area contributed by atoms with Crippen LogP contribution in [-0.4, -0.2) is 18.4 Å². The van der Waals surface area contributed by atoms with Crippen molar-refractivity contribution in [2.75, 3.05) is 16.8 Å². The van der Waals surface area contributed by atoms with E-state index in [-0.39, 0.29) is 11.8 Å². The van der Waals surface area contributed by atoms with E-state index in [9.17, 15) is 9.59 Å². The topological polar surface area (TPSA) is 49.4 Å². The number of rotatable bonds is 3. The fourth-order valence-electron chi connectivity index (χ4n) is 3.93. The molecule has 0 bridgehead atoms. The van der Waals surface area contributed by atoms with Gasteiger partial charge in [-0.25, -0.2) is 0 Å². The van der Waals surface area contributed by atoms with Crippen molar-refractivity contribution in [2.45, 2.75) is 26.7 Å². The lowest BCUT2D eigenvalue weighted by molar-refractivity contribution is 0.0983. The molecule has 0 unspecified atom stereocenters. The van der Waals surface area contributed by atoms with Crippen LogP contribution < -0.4 is 10.2 Å². The molecule has 29 heavy (non-hydrogen) atoms. The molecule has 4 heteroatoms. The van der Waals surface area contributed by atoms with Crippen molar-refractivity contribution in [1.29, 1.82) is 0 Å². The molecule has 146 valence electrons. The molecule has 1 aliphatic heterocycles. The molecule has 0 radical (unpaired) electrons. The van der Waals surface area contributed by atoms with Crippen LogP contribution in [0.5, 0.6) is 0 Å². The first-order chi connectivity index (χ1) is 14.0. The average molecular weight is 384 g/mol. The van der Waals surface area contributed by atoms with Gasteiger partial charge < -0.3 is 10.2 Å². The number of aryl methyl sites for hydroxylation is 3. The fourth-order valence-corrected chi connectivity index (χ4v) is 3.93. The van der Waals surface area contributed by atoms with E-state index in [4.69, 9.17) is 0 Å². The van der Waals surface area contributed by atoms with Crippen LogP contribution in [0, 0.1) is 13.8 Å². The summed E-state index contributed by atoms with van der Waals surface area (Å²) in [5.74, 6) is -0.108. The number of carbonyl (C=O) groups excluding carboxylic acids is 2. The molecule has 0 saturated carbocycles. The largest absolute Gasteiger partial charge is 0.322 e. The summed E-state index contributed by atoms with van der Waals surface area (Å²) in [5, 5.41) is 3.00. The van der Waals surface area contributed by atoms with Gasteiger partial charge in [-0.15, -0.1) is 0 Å². The maximum atomic E-state index is 12.9. The highest BCUT2D eigenvalue weighted by Crippen LogP contribution is 2.31. The number of anilines is 2. The Morgan fingerprint density at radius 1 is 0.862 bits per heavy atom. The Kier molecular flexibility index (Phi) is 5.17. The molecule has 4 nitrogen and oxygen atoms in total. The molecule has 1 N–H and O–H groups in total. The zero-order valence-corrected chi connectivity index (χ0v) is 16.7. The molecule has 4 rings (SSSR count). The minimum absolute atomic E-state index is 0.0126. The predicted molar refractivity (Wildman–Crippen MR) is 117 cm³/mol. The second-order valence-electron chi connectivity index (χ2n) is 7.60. The van der Waals surface area contributed by atoms with Gasteiger partial charge in [0, 0.05) is 29.0 Å². The lowest BCUT2D eigenvalue weighted by Gasteiger charge is -2.30. The molecule has 1 heterocycles. The summed E-state index contributed by atoms with van der Waals surface area (Å²) < 4.78 is 0. The van der Waals surface area contributed by atoms with Crippen molar-refractivity contribution in [3.8, 4) is 0 Å². The second kappa shape index (κ2) is 7.92. The van der Waals surface area contributed by atoms with Gasteiger partial charge in [0.05, 0.1) is 0 Å². The maximum Gasteiger partial charge on any atom is 0.258 e. The molecular weight excluding hydrogens is 360 g/mol. The number of nitrogens with one attached hydrogen (secondary N) is 1. The first-order valence-corrected chi connectivity index (χ1v) is 9.91. The Morgan fingerprint density at radius 3 is 2.31 bits per heavy atom. The zero-order valence-electron chi connectivity index (χ0n) is 16.7. The van der Waals surface area contributed by atoms with E-state index < -0.39 is 0 Å². The smallest absolute Gasteiger partial charge is 0.258 e. The molecule has 0 aromatic heterocycles. The van der Waals surface area contributed by atoms with Crippen LogP contribution >= 0.6 is 0 Å². The zero-order chi connectivity index (χ0) is 20.4. The Balaban J connectivity index is 1.57. The van der Waals surface area contributed by atoms with Crippen molar-refractivity contribution in [3.05, 3.63) is 94.5 Å². The number of amides is 2. The molecular formula is C25H24N2O2. The summed E-state index contributed by atoms with van der Waals surface area (Å²) in [4.78, 5) is 27.4. The highest BCUT2D eigenvalue weighted by molar-refractivity contribution is 6.07. The van der Waals surface area contributed by atoms with Gasteiger partial charge in [0.1, 0.15) is 0 Å². The Labute approximate surface area is 171 Å². The number of fused-ring (bicyclic) bond motifs is 1. The van der Waals surface area contributed by atoms with Crippen LogP contribution in [0.15, 0.2) is 66.7 Å². The summed E-state index contributed by atoms with van der Waals surface area (Å²) in [6.07, 6.45) is 1.79. The predicted octanol–water partition coefficient (Wildman–Crippen LogP) is 5.15. The standard InChI is InChI=1S/C25H24N2O2/c1-17-13-18(2)15-21(14-17)24(28)26-22-10-11-23-20(16-22)9-6-12-27(23)25(29)19-7-4-3-5-8-19/h3-5,7-8,10-11,13-16H,6,9,12H2,1-2H3,(H,26,28). The number of benzene rings is 3. The van der Waals surface area contributed by atoms with Gasteiger partial charge in [0.2, 0.25) is 0 Å². The molecule has 0 fully saturated rings. The number of nitrogens with zero attached hydrogens (tertiary/aromatic N) is 1. The van der Waals surface area contributed by atoms with Crippen LogP contribution in [0.4, 0.5) is 11.4 Å². The third kappa shape index (κ3) is 4.06. The molecule has 0 spiro atoms. The van der Waals surface area contributed by atoms with Crippen LogP contribution in [0.3, 0.4) is 0 Å². The van der Waals surface area contributed by atoms with Gasteiger partial charge in [-0.3, -0.25) is 9.59 Å². The third-order valence-electron chi connectivity index (χ3n) is 5.21. The number of carbonyl (C=O) groups is 2. The van der Waals surface area contributed by atoms with Gasteiger partial charge in [-0.2, -0.15) is 0 Å². The van der Waals surface area contributed by atoms with Crippen molar-refractivity contribution in [3.63, 3.8) is 0 Å². The lowest BCUT2D eigenvalue weighted by atomic mass is 9.99. The van der Waals surface area contributed by atoms with Crippen LogP contribution in [0.25, 0.3) is 0 Å². The summed E-state index contributed by atoms with van der Waals surface area (Å²) >= 11 is 0. The van der Waals surface area contributed by atoms with E-state index in [0.29, 0.717) is 17.7 Å². The Bertz CT molecular complexity index is 1050. The monoisotopic (exact) mass is 384 g/mol. The molecule has 0 saturated heterocycles. The van der Waals surface area contributed by atoms with E-state index in [2.05, 4.69) is 5.32 Å². The van der Waals surface area contributed by atoms with Gasteiger partial charge in [0.15, 0.2) is 0 Å². The lowest BCUT2D eigenvalue weighted by Crippen LogP contribution is -2.35. The molecule has 1 aliphatic rings. The Morgan fingerprint density at radius 2 is 1.59 bits per heavy atom. The highest BCUT2D eigenvalue weighted by Gasteiger charge is 2.24. The third-order valence-corrected chi connectivity index (χ3v) is 5.21. The van der Waals surface area contributed by atoms with Crippen molar-refractivity contribution >= 4 is 23.2 Å².